The smallest absolute Gasteiger partial charge is 0.254 e. The van der Waals surface area contributed by atoms with Crippen molar-refractivity contribution in [3.05, 3.63) is 78.0 Å². The number of aromatic nitrogens is 1. The molecule has 1 aliphatic rings. The number of rotatable bonds is 9. The standard InChI is InChI=1S/C24H27N3O4/c1-25-12-4-7-20(25)15-26(16-22-9-5-13-31-22)23(28)17-27(19-10-11-19)24(29)18-6-3-8-21(14-18)30-2/h3-9,12-14,19H,10-11,15-17H2,1-2H3. The van der Waals surface area contributed by atoms with Crippen molar-refractivity contribution in [2.24, 2.45) is 7.05 Å². The molecule has 0 unspecified atom stereocenters. The second kappa shape index (κ2) is 9.12. The summed E-state index contributed by atoms with van der Waals surface area (Å²) in [4.78, 5) is 30.0. The molecule has 7 heteroatoms. The van der Waals surface area contributed by atoms with E-state index >= 15 is 0 Å². The summed E-state index contributed by atoms with van der Waals surface area (Å²) in [7, 11) is 3.52. The fraction of sp³-hybridized carbons (Fsp3) is 0.333. The maximum Gasteiger partial charge on any atom is 0.254 e. The van der Waals surface area contributed by atoms with Gasteiger partial charge in [-0.2, -0.15) is 0 Å². The van der Waals surface area contributed by atoms with Crippen LogP contribution < -0.4 is 4.74 Å². The van der Waals surface area contributed by atoms with Gasteiger partial charge < -0.3 is 23.5 Å². The molecule has 31 heavy (non-hydrogen) atoms. The van der Waals surface area contributed by atoms with E-state index in [2.05, 4.69) is 0 Å². The fourth-order valence-corrected chi connectivity index (χ4v) is 3.60. The first kappa shape index (κ1) is 20.8. The number of amides is 2. The van der Waals surface area contributed by atoms with Crippen LogP contribution in [0, 0.1) is 0 Å². The van der Waals surface area contributed by atoms with E-state index in [1.165, 1.54) is 0 Å². The van der Waals surface area contributed by atoms with E-state index in [4.69, 9.17) is 9.15 Å². The minimum Gasteiger partial charge on any atom is -0.497 e. The summed E-state index contributed by atoms with van der Waals surface area (Å²) >= 11 is 0. The quantitative estimate of drug-likeness (QED) is 0.531. The molecule has 1 fully saturated rings. The topological polar surface area (TPSA) is 67.9 Å². The third-order valence-corrected chi connectivity index (χ3v) is 5.55. The highest BCUT2D eigenvalue weighted by Gasteiger charge is 2.35. The van der Waals surface area contributed by atoms with Crippen molar-refractivity contribution in [2.75, 3.05) is 13.7 Å². The average Bonchev–Trinajstić information content (AvgIpc) is 3.35. The second-order valence-corrected chi connectivity index (χ2v) is 7.84. The summed E-state index contributed by atoms with van der Waals surface area (Å²) in [5.41, 5.74) is 1.54. The van der Waals surface area contributed by atoms with Crippen LogP contribution in [0.25, 0.3) is 0 Å². The summed E-state index contributed by atoms with van der Waals surface area (Å²) < 4.78 is 12.7. The molecule has 4 rings (SSSR count). The van der Waals surface area contributed by atoms with Gasteiger partial charge in [0.05, 0.1) is 26.5 Å². The van der Waals surface area contributed by atoms with Crippen LogP contribution in [0.5, 0.6) is 5.75 Å². The summed E-state index contributed by atoms with van der Waals surface area (Å²) in [6.45, 7) is 0.823. The number of nitrogens with zero attached hydrogens (tertiary/aromatic N) is 3. The molecular weight excluding hydrogens is 394 g/mol. The molecule has 0 spiro atoms. The van der Waals surface area contributed by atoms with E-state index in [9.17, 15) is 9.59 Å². The Labute approximate surface area is 181 Å². The molecule has 0 atom stereocenters. The Hall–Kier alpha value is -3.48. The monoisotopic (exact) mass is 421 g/mol. The molecule has 1 aromatic carbocycles. The summed E-state index contributed by atoms with van der Waals surface area (Å²) in [5, 5.41) is 0. The Morgan fingerprint density at radius 1 is 1.13 bits per heavy atom. The van der Waals surface area contributed by atoms with Crippen molar-refractivity contribution in [3.8, 4) is 5.75 Å². The molecule has 0 bridgehead atoms. The van der Waals surface area contributed by atoms with Crippen LogP contribution in [0.4, 0.5) is 0 Å². The average molecular weight is 421 g/mol. The molecule has 1 saturated carbocycles. The Balaban J connectivity index is 1.53. The Morgan fingerprint density at radius 2 is 1.97 bits per heavy atom. The summed E-state index contributed by atoms with van der Waals surface area (Å²) in [6, 6.07) is 14.8. The van der Waals surface area contributed by atoms with Crippen molar-refractivity contribution in [2.45, 2.75) is 32.0 Å². The molecule has 0 radical (unpaired) electrons. The van der Waals surface area contributed by atoms with Gasteiger partial charge in [0, 0.05) is 30.5 Å². The van der Waals surface area contributed by atoms with E-state index in [0.717, 1.165) is 18.5 Å². The van der Waals surface area contributed by atoms with Crippen LogP contribution >= 0.6 is 0 Å². The molecule has 2 amide bonds. The van der Waals surface area contributed by atoms with E-state index in [0.29, 0.717) is 30.2 Å². The van der Waals surface area contributed by atoms with Gasteiger partial charge in [-0.15, -0.1) is 0 Å². The van der Waals surface area contributed by atoms with Gasteiger partial charge in [-0.3, -0.25) is 9.59 Å². The zero-order chi connectivity index (χ0) is 21.8. The molecule has 2 heterocycles. The second-order valence-electron chi connectivity index (χ2n) is 7.84. The molecular formula is C24H27N3O4. The van der Waals surface area contributed by atoms with Crippen molar-refractivity contribution < 1.29 is 18.7 Å². The number of aryl methyl sites for hydroxylation is 1. The van der Waals surface area contributed by atoms with Crippen LogP contribution in [-0.4, -0.2) is 45.9 Å². The largest absolute Gasteiger partial charge is 0.497 e. The van der Waals surface area contributed by atoms with Gasteiger partial charge in [-0.1, -0.05) is 6.07 Å². The summed E-state index contributed by atoms with van der Waals surface area (Å²) in [6.07, 6.45) is 5.38. The van der Waals surface area contributed by atoms with Crippen LogP contribution in [0.1, 0.15) is 34.7 Å². The van der Waals surface area contributed by atoms with Gasteiger partial charge in [0.1, 0.15) is 18.1 Å². The number of hydrogen-bond acceptors (Lipinski definition) is 4. The molecule has 2 aromatic heterocycles. The minimum absolute atomic E-state index is 0.0336. The minimum atomic E-state index is -0.147. The lowest BCUT2D eigenvalue weighted by atomic mass is 10.2. The van der Waals surface area contributed by atoms with Gasteiger partial charge in [-0.25, -0.2) is 0 Å². The van der Waals surface area contributed by atoms with Crippen LogP contribution in [-0.2, 0) is 24.9 Å². The molecule has 7 nitrogen and oxygen atoms in total. The Kier molecular flexibility index (Phi) is 6.11. The Morgan fingerprint density at radius 3 is 2.61 bits per heavy atom. The van der Waals surface area contributed by atoms with E-state index in [-0.39, 0.29) is 24.4 Å². The predicted octanol–water partition coefficient (Wildman–Crippen LogP) is 3.46. The van der Waals surface area contributed by atoms with Crippen LogP contribution in [0.15, 0.2) is 65.4 Å². The maximum atomic E-state index is 13.4. The van der Waals surface area contributed by atoms with Crippen LogP contribution in [0.2, 0.25) is 0 Å². The lowest BCUT2D eigenvalue weighted by Gasteiger charge is -2.27. The first-order valence-corrected chi connectivity index (χ1v) is 10.4. The zero-order valence-corrected chi connectivity index (χ0v) is 17.9. The first-order valence-electron chi connectivity index (χ1n) is 10.4. The van der Waals surface area contributed by atoms with Crippen molar-refractivity contribution >= 4 is 11.8 Å². The highest BCUT2D eigenvalue weighted by molar-refractivity contribution is 5.97. The molecule has 0 aliphatic heterocycles. The van der Waals surface area contributed by atoms with Gasteiger partial charge in [-0.05, 0) is 55.3 Å². The summed E-state index contributed by atoms with van der Waals surface area (Å²) in [5.74, 6) is 1.07. The number of methoxy groups -OCH3 is 1. The van der Waals surface area contributed by atoms with E-state index < -0.39 is 0 Å². The fourth-order valence-electron chi connectivity index (χ4n) is 3.60. The maximum absolute atomic E-state index is 13.4. The molecule has 3 aromatic rings. The SMILES string of the molecule is COc1cccc(C(=O)N(CC(=O)N(Cc2ccco2)Cc2cccn2C)C2CC2)c1. The first-order chi connectivity index (χ1) is 15.0. The number of benzene rings is 1. The number of carbonyl (C=O) groups is 2. The zero-order valence-electron chi connectivity index (χ0n) is 17.9. The third-order valence-electron chi connectivity index (χ3n) is 5.55. The molecule has 162 valence electrons. The highest BCUT2D eigenvalue weighted by Crippen LogP contribution is 2.29. The van der Waals surface area contributed by atoms with E-state index in [1.54, 1.807) is 47.4 Å². The molecule has 0 saturated heterocycles. The predicted molar refractivity (Wildman–Crippen MR) is 115 cm³/mol. The van der Waals surface area contributed by atoms with Crippen molar-refractivity contribution in [3.63, 3.8) is 0 Å². The lowest BCUT2D eigenvalue weighted by molar-refractivity contribution is -0.133. The van der Waals surface area contributed by atoms with Gasteiger partial charge in [0.15, 0.2) is 0 Å². The number of furan rings is 1. The molecule has 1 aliphatic carbocycles. The van der Waals surface area contributed by atoms with E-state index in [1.807, 2.05) is 42.1 Å². The number of carbonyl (C=O) groups excluding carboxylic acids is 2. The molecule has 0 N–H and O–H groups in total. The lowest BCUT2D eigenvalue weighted by Crippen LogP contribution is -2.43. The van der Waals surface area contributed by atoms with Gasteiger partial charge in [0.2, 0.25) is 5.91 Å². The number of hydrogen-bond donors (Lipinski definition) is 0. The normalized spacial score (nSPS) is 13.1. The number of ether oxygens (including phenoxy) is 1. The van der Waals surface area contributed by atoms with Crippen molar-refractivity contribution in [1.29, 1.82) is 0 Å². The van der Waals surface area contributed by atoms with Gasteiger partial charge in [0.25, 0.3) is 5.91 Å². The Bertz CT molecular complexity index is 1040. The van der Waals surface area contributed by atoms with Gasteiger partial charge >= 0.3 is 0 Å². The van der Waals surface area contributed by atoms with Crippen molar-refractivity contribution in [1.82, 2.24) is 14.4 Å². The highest BCUT2D eigenvalue weighted by atomic mass is 16.5. The third kappa shape index (κ3) is 4.99. The van der Waals surface area contributed by atoms with Crippen LogP contribution in [0.3, 0.4) is 0 Å².